The molecule has 0 saturated heterocycles. The fourth-order valence-corrected chi connectivity index (χ4v) is 2.95. The predicted octanol–water partition coefficient (Wildman–Crippen LogP) is 4.16. The molecule has 0 unspecified atom stereocenters. The fourth-order valence-electron chi connectivity index (χ4n) is 2.95. The zero-order valence-corrected chi connectivity index (χ0v) is 16.4. The monoisotopic (exact) mass is 383 g/mol. The Kier molecular flexibility index (Phi) is 6.19. The van der Waals surface area contributed by atoms with E-state index in [2.05, 4.69) is 19.2 Å². The van der Waals surface area contributed by atoms with Gasteiger partial charge in [0, 0.05) is 5.69 Å². The molecule has 0 saturated carbocycles. The van der Waals surface area contributed by atoms with Crippen LogP contribution in [0, 0.1) is 0 Å². The summed E-state index contributed by atoms with van der Waals surface area (Å²) in [5.41, 5.74) is 2.11. The smallest absolute Gasteiger partial charge is 0.339 e. The molecule has 2 atom stereocenters. The van der Waals surface area contributed by atoms with Gasteiger partial charge in [-0.05, 0) is 49.1 Å². The van der Waals surface area contributed by atoms with Gasteiger partial charge in [0.15, 0.2) is 17.6 Å². The highest BCUT2D eigenvalue weighted by molar-refractivity contribution is 5.98. The molecule has 1 amide bonds. The largest absolute Gasteiger partial charge is 0.486 e. The van der Waals surface area contributed by atoms with Crippen LogP contribution >= 0.6 is 0 Å². The van der Waals surface area contributed by atoms with Crippen LogP contribution in [0.2, 0.25) is 0 Å². The van der Waals surface area contributed by atoms with Crippen LogP contribution in [0.4, 0.5) is 5.69 Å². The number of para-hydroxylation sites is 1. The Hall–Kier alpha value is -3.02. The Bertz CT molecular complexity index is 864. The van der Waals surface area contributed by atoms with Gasteiger partial charge >= 0.3 is 5.97 Å². The van der Waals surface area contributed by atoms with Gasteiger partial charge in [0.1, 0.15) is 13.2 Å². The predicted molar refractivity (Wildman–Crippen MR) is 106 cm³/mol. The minimum absolute atomic E-state index is 0.309. The van der Waals surface area contributed by atoms with Crippen LogP contribution in [-0.4, -0.2) is 31.2 Å². The summed E-state index contributed by atoms with van der Waals surface area (Å²) >= 11 is 0. The number of anilines is 1. The Morgan fingerprint density at radius 2 is 1.79 bits per heavy atom. The van der Waals surface area contributed by atoms with Crippen LogP contribution in [0.5, 0.6) is 11.5 Å². The first-order chi connectivity index (χ1) is 13.5. The van der Waals surface area contributed by atoms with Crippen LogP contribution in [0.3, 0.4) is 0 Å². The number of ether oxygens (including phenoxy) is 3. The second-order valence-electron chi connectivity index (χ2n) is 6.79. The third-order valence-corrected chi connectivity index (χ3v) is 4.79. The van der Waals surface area contributed by atoms with Gasteiger partial charge in [-0.2, -0.15) is 0 Å². The lowest BCUT2D eigenvalue weighted by Gasteiger charge is -2.20. The maximum Gasteiger partial charge on any atom is 0.339 e. The Morgan fingerprint density at radius 3 is 2.54 bits per heavy atom. The molecule has 148 valence electrons. The van der Waals surface area contributed by atoms with Gasteiger partial charge < -0.3 is 19.5 Å². The minimum Gasteiger partial charge on any atom is -0.486 e. The molecule has 0 bridgehead atoms. The van der Waals surface area contributed by atoms with E-state index in [-0.39, 0.29) is 5.91 Å². The fraction of sp³-hybridized carbons (Fsp3) is 0.364. The van der Waals surface area contributed by atoms with E-state index >= 15 is 0 Å². The van der Waals surface area contributed by atoms with Crippen molar-refractivity contribution in [3.05, 3.63) is 53.6 Å². The summed E-state index contributed by atoms with van der Waals surface area (Å²) in [5, 5.41) is 2.87. The molecule has 6 nitrogen and oxygen atoms in total. The van der Waals surface area contributed by atoms with Gasteiger partial charge in [-0.3, -0.25) is 4.79 Å². The summed E-state index contributed by atoms with van der Waals surface area (Å²) in [7, 11) is 0. The number of carbonyl (C=O) groups excluding carboxylic acids is 2. The molecular weight excluding hydrogens is 358 g/mol. The molecule has 28 heavy (non-hydrogen) atoms. The number of nitrogens with one attached hydrogen (secondary N) is 1. The summed E-state index contributed by atoms with van der Waals surface area (Å²) in [6, 6.07) is 12.5. The molecule has 3 rings (SSSR count). The van der Waals surface area contributed by atoms with Crippen LogP contribution in [0.15, 0.2) is 42.5 Å². The SMILES string of the molecule is CC[C@H](C)c1ccccc1NC(=O)[C@H](C)OC(=O)c1ccc2c(c1)OCCO2. The minimum atomic E-state index is -0.939. The molecule has 1 heterocycles. The van der Waals surface area contributed by atoms with Gasteiger partial charge in [-0.15, -0.1) is 0 Å². The van der Waals surface area contributed by atoms with Crippen molar-refractivity contribution in [2.75, 3.05) is 18.5 Å². The van der Waals surface area contributed by atoms with Crippen LogP contribution < -0.4 is 14.8 Å². The van der Waals surface area contributed by atoms with Gasteiger partial charge in [0.25, 0.3) is 5.91 Å². The van der Waals surface area contributed by atoms with Crippen molar-refractivity contribution in [2.45, 2.75) is 39.2 Å². The Balaban J connectivity index is 1.65. The number of esters is 1. The highest BCUT2D eigenvalue weighted by Gasteiger charge is 2.22. The maximum absolute atomic E-state index is 12.5. The molecule has 1 N–H and O–H groups in total. The van der Waals surface area contributed by atoms with E-state index in [1.165, 1.54) is 0 Å². The first kappa shape index (κ1) is 19.7. The molecule has 1 aliphatic heterocycles. The first-order valence-corrected chi connectivity index (χ1v) is 9.50. The van der Waals surface area contributed by atoms with Crippen molar-refractivity contribution >= 4 is 17.6 Å². The third-order valence-electron chi connectivity index (χ3n) is 4.79. The van der Waals surface area contributed by atoms with Crippen LogP contribution in [-0.2, 0) is 9.53 Å². The number of benzene rings is 2. The second-order valence-corrected chi connectivity index (χ2v) is 6.79. The normalized spacial score (nSPS) is 14.7. The number of hydrogen-bond acceptors (Lipinski definition) is 5. The molecular formula is C22H25NO5. The summed E-state index contributed by atoms with van der Waals surface area (Å²) < 4.78 is 16.3. The lowest BCUT2D eigenvalue weighted by atomic mass is 9.97. The molecule has 0 spiro atoms. The zero-order valence-electron chi connectivity index (χ0n) is 16.4. The van der Waals surface area contributed by atoms with E-state index in [1.807, 2.05) is 24.3 Å². The van der Waals surface area contributed by atoms with E-state index < -0.39 is 12.1 Å². The molecule has 0 aliphatic carbocycles. The van der Waals surface area contributed by atoms with E-state index in [0.29, 0.717) is 36.2 Å². The van der Waals surface area contributed by atoms with Gasteiger partial charge in [-0.25, -0.2) is 4.79 Å². The molecule has 6 heteroatoms. The topological polar surface area (TPSA) is 73.9 Å². The molecule has 1 aliphatic rings. The zero-order chi connectivity index (χ0) is 20.1. The van der Waals surface area contributed by atoms with Crippen molar-refractivity contribution in [3.63, 3.8) is 0 Å². The molecule has 0 fully saturated rings. The van der Waals surface area contributed by atoms with E-state index in [1.54, 1.807) is 25.1 Å². The molecule has 0 radical (unpaired) electrons. The van der Waals surface area contributed by atoms with Crippen molar-refractivity contribution < 1.29 is 23.8 Å². The first-order valence-electron chi connectivity index (χ1n) is 9.50. The summed E-state index contributed by atoms with van der Waals surface area (Å²) in [5.74, 6) is 0.444. The third kappa shape index (κ3) is 4.44. The van der Waals surface area contributed by atoms with Crippen LogP contribution in [0.25, 0.3) is 0 Å². The van der Waals surface area contributed by atoms with E-state index in [4.69, 9.17) is 14.2 Å². The summed E-state index contributed by atoms with van der Waals surface area (Å²) in [6.07, 6.45) is 0.0207. The molecule has 2 aromatic carbocycles. The Labute approximate surface area is 164 Å². The summed E-state index contributed by atoms with van der Waals surface area (Å²) in [4.78, 5) is 25.0. The quantitative estimate of drug-likeness (QED) is 0.759. The summed E-state index contributed by atoms with van der Waals surface area (Å²) in [6.45, 7) is 6.67. The van der Waals surface area contributed by atoms with Crippen molar-refractivity contribution in [1.29, 1.82) is 0 Å². The van der Waals surface area contributed by atoms with Crippen molar-refractivity contribution in [3.8, 4) is 11.5 Å². The van der Waals surface area contributed by atoms with E-state index in [0.717, 1.165) is 17.7 Å². The lowest BCUT2D eigenvalue weighted by molar-refractivity contribution is -0.123. The highest BCUT2D eigenvalue weighted by atomic mass is 16.6. The van der Waals surface area contributed by atoms with E-state index in [9.17, 15) is 9.59 Å². The standard InChI is InChI=1S/C22H25NO5/c1-4-14(2)17-7-5-6-8-18(17)23-21(24)15(3)28-22(25)16-9-10-19-20(13-16)27-12-11-26-19/h5-10,13-15H,4,11-12H2,1-3H3,(H,23,24)/t14-,15-/m0/s1. The Morgan fingerprint density at radius 1 is 1.07 bits per heavy atom. The van der Waals surface area contributed by atoms with Crippen molar-refractivity contribution in [2.24, 2.45) is 0 Å². The number of rotatable bonds is 6. The van der Waals surface area contributed by atoms with Crippen molar-refractivity contribution in [1.82, 2.24) is 0 Å². The highest BCUT2D eigenvalue weighted by Crippen LogP contribution is 2.31. The van der Waals surface area contributed by atoms with Gasteiger partial charge in [0.2, 0.25) is 0 Å². The number of hydrogen-bond donors (Lipinski definition) is 1. The maximum atomic E-state index is 12.5. The van der Waals surface area contributed by atoms with Gasteiger partial charge in [0.05, 0.1) is 5.56 Å². The number of carbonyl (C=O) groups is 2. The van der Waals surface area contributed by atoms with Crippen LogP contribution in [0.1, 0.15) is 49.0 Å². The second kappa shape index (κ2) is 8.78. The molecule has 2 aromatic rings. The number of fused-ring (bicyclic) bond motifs is 1. The lowest BCUT2D eigenvalue weighted by Crippen LogP contribution is -2.30. The average Bonchev–Trinajstić information content (AvgIpc) is 2.73. The van der Waals surface area contributed by atoms with Gasteiger partial charge in [-0.1, -0.05) is 32.0 Å². The average molecular weight is 383 g/mol. The molecule has 0 aromatic heterocycles. The number of amides is 1.